The van der Waals surface area contributed by atoms with Crippen LogP contribution in [0.5, 0.6) is 5.75 Å². The van der Waals surface area contributed by atoms with E-state index in [2.05, 4.69) is 30.1 Å². The first-order valence-corrected chi connectivity index (χ1v) is 9.72. The fourth-order valence-corrected chi connectivity index (χ4v) is 3.43. The lowest BCUT2D eigenvalue weighted by atomic mass is 10.1. The fourth-order valence-electron chi connectivity index (χ4n) is 3.43. The highest BCUT2D eigenvalue weighted by molar-refractivity contribution is 5.80. The largest absolute Gasteiger partial charge is 0.492 e. The first-order valence-electron chi connectivity index (χ1n) is 9.72. The molecule has 2 heterocycles. The van der Waals surface area contributed by atoms with Gasteiger partial charge in [-0.05, 0) is 44.4 Å². The second kappa shape index (κ2) is 9.78. The maximum Gasteiger partial charge on any atom is 0.194 e. The van der Waals surface area contributed by atoms with E-state index in [0.717, 1.165) is 50.8 Å². The molecule has 2 unspecified atom stereocenters. The molecule has 0 spiro atoms. The molecule has 2 fully saturated rings. The van der Waals surface area contributed by atoms with Gasteiger partial charge in [-0.2, -0.15) is 0 Å². The summed E-state index contributed by atoms with van der Waals surface area (Å²) in [4.78, 5) is 7.03. The van der Waals surface area contributed by atoms with E-state index in [1.165, 1.54) is 5.56 Å². The lowest BCUT2D eigenvalue weighted by Gasteiger charge is -2.37. The molecule has 0 amide bonds. The van der Waals surface area contributed by atoms with Crippen molar-refractivity contribution in [3.63, 3.8) is 0 Å². The van der Waals surface area contributed by atoms with Gasteiger partial charge in [-0.1, -0.05) is 12.1 Å². The van der Waals surface area contributed by atoms with E-state index in [9.17, 15) is 0 Å². The van der Waals surface area contributed by atoms with Crippen LogP contribution in [0.15, 0.2) is 29.3 Å². The highest BCUT2D eigenvalue weighted by Gasteiger charge is 2.32. The van der Waals surface area contributed by atoms with E-state index in [4.69, 9.17) is 19.2 Å². The van der Waals surface area contributed by atoms with Gasteiger partial charge in [-0.15, -0.1) is 0 Å². The van der Waals surface area contributed by atoms with Gasteiger partial charge in [0.2, 0.25) is 0 Å². The number of hydrogen-bond donors (Lipinski definition) is 1. The average Bonchev–Trinajstić information content (AvgIpc) is 3.19. The summed E-state index contributed by atoms with van der Waals surface area (Å²) in [6, 6.07) is 8.10. The number of aryl methyl sites for hydroxylation is 1. The van der Waals surface area contributed by atoms with Gasteiger partial charge in [-0.25, -0.2) is 4.99 Å². The smallest absolute Gasteiger partial charge is 0.194 e. The number of guanidine groups is 1. The number of nitrogens with zero attached hydrogens (tertiary/aromatic N) is 2. The Morgan fingerprint density at radius 3 is 2.96 bits per heavy atom. The number of aliphatic imine (C=N–C) groups is 1. The highest BCUT2D eigenvalue weighted by atomic mass is 16.5. The second-order valence-corrected chi connectivity index (χ2v) is 6.81. The van der Waals surface area contributed by atoms with Crippen LogP contribution in [0.3, 0.4) is 0 Å². The molecular weight excluding hydrogens is 330 g/mol. The molecule has 1 aromatic rings. The Bertz CT molecular complexity index is 587. The summed E-state index contributed by atoms with van der Waals surface area (Å²) < 4.78 is 17.6. The molecule has 0 saturated carbocycles. The molecule has 144 valence electrons. The molecule has 0 aliphatic carbocycles. The van der Waals surface area contributed by atoms with Gasteiger partial charge < -0.3 is 24.4 Å². The van der Waals surface area contributed by atoms with Crippen LogP contribution in [0.4, 0.5) is 0 Å². The number of hydrogen-bond acceptors (Lipinski definition) is 4. The van der Waals surface area contributed by atoms with E-state index < -0.39 is 0 Å². The zero-order chi connectivity index (χ0) is 18.2. The zero-order valence-electron chi connectivity index (χ0n) is 15.9. The van der Waals surface area contributed by atoms with Crippen molar-refractivity contribution < 1.29 is 14.2 Å². The molecule has 2 atom stereocenters. The van der Waals surface area contributed by atoms with Crippen molar-refractivity contribution in [2.45, 2.75) is 38.9 Å². The maximum absolute atomic E-state index is 5.94. The minimum atomic E-state index is 0.138. The number of nitrogens with one attached hydrogen (secondary N) is 1. The van der Waals surface area contributed by atoms with Crippen LogP contribution >= 0.6 is 0 Å². The van der Waals surface area contributed by atoms with Crippen molar-refractivity contribution in [1.82, 2.24) is 10.2 Å². The van der Waals surface area contributed by atoms with Gasteiger partial charge in [0.15, 0.2) is 5.96 Å². The fraction of sp³-hybridized carbons (Fsp3) is 0.650. The van der Waals surface area contributed by atoms with Gasteiger partial charge in [0.1, 0.15) is 18.5 Å². The number of morpholine rings is 1. The summed E-state index contributed by atoms with van der Waals surface area (Å²) in [7, 11) is 0. The number of benzene rings is 1. The van der Waals surface area contributed by atoms with Crippen molar-refractivity contribution in [1.29, 1.82) is 0 Å². The van der Waals surface area contributed by atoms with E-state index in [-0.39, 0.29) is 12.2 Å². The molecule has 6 heteroatoms. The lowest BCUT2D eigenvalue weighted by molar-refractivity contribution is -0.0817. The molecule has 1 N–H and O–H groups in total. The molecule has 0 bridgehead atoms. The van der Waals surface area contributed by atoms with Gasteiger partial charge in [0.25, 0.3) is 0 Å². The summed E-state index contributed by atoms with van der Waals surface area (Å²) in [6.45, 7) is 9.45. The average molecular weight is 361 g/mol. The zero-order valence-corrected chi connectivity index (χ0v) is 15.9. The summed E-state index contributed by atoms with van der Waals surface area (Å²) in [5.41, 5.74) is 1.20. The molecule has 1 aromatic carbocycles. The van der Waals surface area contributed by atoms with Gasteiger partial charge >= 0.3 is 0 Å². The van der Waals surface area contributed by atoms with Crippen molar-refractivity contribution in [2.75, 3.05) is 46.0 Å². The van der Waals surface area contributed by atoms with Crippen molar-refractivity contribution in [3.8, 4) is 5.75 Å². The normalized spacial score (nSPS) is 23.9. The topological polar surface area (TPSA) is 55.3 Å². The molecule has 0 radical (unpaired) electrons. The summed E-state index contributed by atoms with van der Waals surface area (Å²) in [5, 5.41) is 3.40. The third-order valence-corrected chi connectivity index (χ3v) is 4.72. The molecule has 2 aliphatic heterocycles. The molecule has 2 saturated heterocycles. The number of rotatable bonds is 6. The van der Waals surface area contributed by atoms with Gasteiger partial charge in [0.05, 0.1) is 19.3 Å². The Labute approximate surface area is 156 Å². The predicted molar refractivity (Wildman–Crippen MR) is 103 cm³/mol. The lowest BCUT2D eigenvalue weighted by Crippen LogP contribution is -2.53. The molecule has 3 rings (SSSR count). The van der Waals surface area contributed by atoms with Crippen molar-refractivity contribution >= 4 is 5.96 Å². The van der Waals surface area contributed by atoms with E-state index in [1.54, 1.807) is 0 Å². The molecule has 2 aliphatic rings. The van der Waals surface area contributed by atoms with E-state index in [1.807, 2.05) is 18.2 Å². The summed E-state index contributed by atoms with van der Waals surface area (Å²) in [5.74, 6) is 1.83. The molecule has 26 heavy (non-hydrogen) atoms. The molecule has 0 aromatic heterocycles. The van der Waals surface area contributed by atoms with Crippen LogP contribution < -0.4 is 10.1 Å². The summed E-state index contributed by atoms with van der Waals surface area (Å²) in [6.07, 6.45) is 2.59. The SMILES string of the molecule is CCNC(=NCCOc1cccc(C)c1)N1CCOC(C2CCCO2)C1. The van der Waals surface area contributed by atoms with Gasteiger partial charge in [-0.3, -0.25) is 0 Å². The third-order valence-electron chi connectivity index (χ3n) is 4.72. The van der Waals surface area contributed by atoms with Crippen LogP contribution in [-0.4, -0.2) is 69.1 Å². The Kier molecular flexibility index (Phi) is 7.14. The molecular formula is C20H31N3O3. The van der Waals surface area contributed by atoms with Crippen LogP contribution in [0.1, 0.15) is 25.3 Å². The summed E-state index contributed by atoms with van der Waals surface area (Å²) >= 11 is 0. The quantitative estimate of drug-likeness (QED) is 0.478. The Morgan fingerprint density at radius 2 is 2.19 bits per heavy atom. The van der Waals surface area contributed by atoms with Crippen molar-refractivity contribution in [2.24, 2.45) is 4.99 Å². The maximum atomic E-state index is 5.94. The Balaban J connectivity index is 1.52. The van der Waals surface area contributed by atoms with Crippen LogP contribution in [0.2, 0.25) is 0 Å². The van der Waals surface area contributed by atoms with Crippen LogP contribution in [0.25, 0.3) is 0 Å². The minimum absolute atomic E-state index is 0.138. The second-order valence-electron chi connectivity index (χ2n) is 6.81. The standard InChI is InChI=1S/C20H31N3O3/c1-3-21-20(22-9-12-24-17-7-4-6-16(2)14-17)23-10-13-26-19(15-23)18-8-5-11-25-18/h4,6-7,14,18-19H,3,5,8-13,15H2,1-2H3,(H,21,22). The number of ether oxygens (including phenoxy) is 3. The monoisotopic (exact) mass is 361 g/mol. The first kappa shape index (κ1) is 19.0. The predicted octanol–water partition coefficient (Wildman–Crippen LogP) is 2.22. The molecule has 6 nitrogen and oxygen atoms in total. The van der Waals surface area contributed by atoms with E-state index in [0.29, 0.717) is 19.8 Å². The van der Waals surface area contributed by atoms with Crippen LogP contribution in [-0.2, 0) is 9.47 Å². The first-order chi connectivity index (χ1) is 12.8. The third kappa shape index (κ3) is 5.35. The minimum Gasteiger partial charge on any atom is -0.492 e. The van der Waals surface area contributed by atoms with Crippen molar-refractivity contribution in [3.05, 3.63) is 29.8 Å². The Morgan fingerprint density at radius 1 is 1.31 bits per heavy atom. The van der Waals surface area contributed by atoms with E-state index >= 15 is 0 Å². The van der Waals surface area contributed by atoms with Gasteiger partial charge in [0, 0.05) is 26.2 Å². The van der Waals surface area contributed by atoms with Crippen LogP contribution in [0, 0.1) is 6.92 Å². The Hall–Kier alpha value is -1.79. The highest BCUT2D eigenvalue weighted by Crippen LogP contribution is 2.21.